The first-order valence-electron chi connectivity index (χ1n) is 10.6. The van der Waals surface area contributed by atoms with Gasteiger partial charge in [-0.3, -0.25) is 4.90 Å². The molecule has 0 radical (unpaired) electrons. The van der Waals surface area contributed by atoms with Crippen molar-refractivity contribution in [3.63, 3.8) is 0 Å². The molecule has 0 unspecified atom stereocenters. The van der Waals surface area contributed by atoms with Crippen LogP contribution in [0.25, 0.3) is 0 Å². The van der Waals surface area contributed by atoms with Crippen LogP contribution in [-0.4, -0.2) is 49.0 Å². The van der Waals surface area contributed by atoms with Crippen LogP contribution in [0.4, 0.5) is 0 Å². The lowest BCUT2D eigenvalue weighted by atomic mass is 9.78. The number of hydrogen-bond acceptors (Lipinski definition) is 5. The highest BCUT2D eigenvalue weighted by atomic mass is 16.5. The van der Waals surface area contributed by atoms with Crippen LogP contribution in [0, 0.1) is 11.8 Å². The first-order valence-corrected chi connectivity index (χ1v) is 10.6. The average molecular weight is 398 g/mol. The summed E-state index contributed by atoms with van der Waals surface area (Å²) >= 11 is 0. The fraction of sp³-hybridized carbons (Fsp3) is 0.500. The van der Waals surface area contributed by atoms with Crippen LogP contribution >= 0.6 is 0 Å². The Balaban J connectivity index is 1.40. The maximum atomic E-state index is 10.7. The van der Waals surface area contributed by atoms with E-state index in [1.165, 1.54) is 5.56 Å². The molecule has 0 amide bonds. The van der Waals surface area contributed by atoms with E-state index < -0.39 is 6.10 Å². The third-order valence-electron chi connectivity index (χ3n) is 6.17. The van der Waals surface area contributed by atoms with E-state index in [0.717, 1.165) is 38.2 Å². The lowest BCUT2D eigenvalue weighted by Gasteiger charge is -2.35. The molecule has 2 aliphatic rings. The molecule has 1 saturated heterocycles. The van der Waals surface area contributed by atoms with Gasteiger partial charge in [0, 0.05) is 25.2 Å². The molecule has 2 fully saturated rings. The van der Waals surface area contributed by atoms with Gasteiger partial charge in [0.1, 0.15) is 11.9 Å². The van der Waals surface area contributed by atoms with Crippen molar-refractivity contribution >= 4 is 0 Å². The Morgan fingerprint density at radius 2 is 1.59 bits per heavy atom. The molecule has 4 atom stereocenters. The Bertz CT molecular complexity index is 811. The molecule has 4 rings (SSSR count). The molecule has 1 aliphatic heterocycles. The fourth-order valence-electron chi connectivity index (χ4n) is 4.79. The van der Waals surface area contributed by atoms with Crippen molar-refractivity contribution in [3.05, 3.63) is 54.1 Å². The van der Waals surface area contributed by atoms with E-state index in [4.69, 9.17) is 14.2 Å². The molecular weight excluding hydrogens is 366 g/mol. The van der Waals surface area contributed by atoms with Crippen LogP contribution in [0.2, 0.25) is 0 Å². The second-order valence-corrected chi connectivity index (χ2v) is 8.10. The van der Waals surface area contributed by atoms with Gasteiger partial charge in [0.2, 0.25) is 0 Å². The predicted molar refractivity (Wildman–Crippen MR) is 113 cm³/mol. The number of benzene rings is 2. The quantitative estimate of drug-likeness (QED) is 0.771. The van der Waals surface area contributed by atoms with Crippen molar-refractivity contribution in [1.82, 2.24) is 4.90 Å². The smallest absolute Gasteiger partial charge is 0.161 e. The number of ether oxygens (including phenoxy) is 3. The van der Waals surface area contributed by atoms with Crippen molar-refractivity contribution in [3.8, 4) is 17.2 Å². The largest absolute Gasteiger partial charge is 0.494 e. The summed E-state index contributed by atoms with van der Waals surface area (Å²) in [7, 11) is 1.64. The van der Waals surface area contributed by atoms with Crippen LogP contribution in [-0.2, 0) is 6.54 Å². The molecule has 1 N–H and O–H groups in total. The van der Waals surface area contributed by atoms with E-state index in [9.17, 15) is 5.11 Å². The molecule has 0 spiro atoms. The second-order valence-electron chi connectivity index (χ2n) is 8.10. The molecule has 156 valence electrons. The van der Waals surface area contributed by atoms with E-state index in [0.29, 0.717) is 29.9 Å². The topological polar surface area (TPSA) is 51.2 Å². The number of methoxy groups -OCH3 is 1. The number of aliphatic hydroxyl groups excluding tert-OH is 1. The first-order chi connectivity index (χ1) is 14.2. The molecule has 2 aromatic rings. The SMILES string of the molecule is CCOc1ccccc1CN1C[C@H]2C[C@@H](Oc3ccccc3OC)[C@H](O)C[C@H]2C1. The van der Waals surface area contributed by atoms with Gasteiger partial charge in [0.25, 0.3) is 0 Å². The predicted octanol–water partition coefficient (Wildman–Crippen LogP) is 3.74. The summed E-state index contributed by atoms with van der Waals surface area (Å²) in [5, 5.41) is 10.7. The molecule has 1 saturated carbocycles. The van der Waals surface area contributed by atoms with Crippen molar-refractivity contribution in [2.45, 2.75) is 38.5 Å². The molecule has 5 heteroatoms. The van der Waals surface area contributed by atoms with Gasteiger partial charge < -0.3 is 19.3 Å². The van der Waals surface area contributed by atoms with Crippen LogP contribution in [0.5, 0.6) is 17.2 Å². The Morgan fingerprint density at radius 1 is 0.931 bits per heavy atom. The van der Waals surface area contributed by atoms with E-state index in [-0.39, 0.29) is 6.10 Å². The summed E-state index contributed by atoms with van der Waals surface area (Å²) in [5.74, 6) is 3.45. The number of nitrogens with zero attached hydrogens (tertiary/aromatic N) is 1. The highest BCUT2D eigenvalue weighted by Crippen LogP contribution is 2.40. The zero-order chi connectivity index (χ0) is 20.2. The highest BCUT2D eigenvalue weighted by Gasteiger charge is 2.42. The molecule has 5 nitrogen and oxygen atoms in total. The number of fused-ring (bicyclic) bond motifs is 1. The van der Waals surface area contributed by atoms with Gasteiger partial charge in [-0.25, -0.2) is 0 Å². The number of hydrogen-bond donors (Lipinski definition) is 1. The van der Waals surface area contributed by atoms with Crippen LogP contribution in [0.15, 0.2) is 48.5 Å². The summed E-state index contributed by atoms with van der Waals surface area (Å²) in [6.45, 7) is 5.63. The van der Waals surface area contributed by atoms with E-state index in [1.807, 2.05) is 43.3 Å². The van der Waals surface area contributed by atoms with Crippen molar-refractivity contribution in [2.24, 2.45) is 11.8 Å². The monoisotopic (exact) mass is 397 g/mol. The molecule has 1 aliphatic carbocycles. The van der Waals surface area contributed by atoms with Gasteiger partial charge in [0.05, 0.1) is 19.8 Å². The van der Waals surface area contributed by atoms with Gasteiger partial charge in [0.15, 0.2) is 11.5 Å². The summed E-state index contributed by atoms with van der Waals surface area (Å²) in [6.07, 6.45) is 1.02. The molecule has 29 heavy (non-hydrogen) atoms. The van der Waals surface area contributed by atoms with Gasteiger partial charge in [-0.1, -0.05) is 30.3 Å². The van der Waals surface area contributed by atoms with Gasteiger partial charge in [-0.2, -0.15) is 0 Å². The molecule has 0 aromatic heterocycles. The lowest BCUT2D eigenvalue weighted by Crippen LogP contribution is -2.42. The van der Waals surface area contributed by atoms with E-state index in [1.54, 1.807) is 7.11 Å². The van der Waals surface area contributed by atoms with Crippen LogP contribution in [0.1, 0.15) is 25.3 Å². The zero-order valence-corrected chi connectivity index (χ0v) is 17.3. The van der Waals surface area contributed by atoms with E-state index >= 15 is 0 Å². The van der Waals surface area contributed by atoms with Gasteiger partial charge in [-0.05, 0) is 49.8 Å². The summed E-state index contributed by atoms with van der Waals surface area (Å²) in [6, 6.07) is 15.9. The Kier molecular flexibility index (Phi) is 6.26. The van der Waals surface area contributed by atoms with Crippen molar-refractivity contribution in [1.29, 1.82) is 0 Å². The molecule has 0 bridgehead atoms. The van der Waals surface area contributed by atoms with Crippen LogP contribution in [0.3, 0.4) is 0 Å². The van der Waals surface area contributed by atoms with E-state index in [2.05, 4.69) is 17.0 Å². The second kappa shape index (κ2) is 9.06. The maximum Gasteiger partial charge on any atom is 0.161 e. The standard InChI is InChI=1S/C24H31NO4/c1-3-28-21-9-5-4-8-17(21)14-25-15-18-12-20(26)24(13-19(18)16-25)29-23-11-7-6-10-22(23)27-2/h4-11,18-20,24,26H,3,12-16H2,1-2H3/t18-,19+,20+,24+/m0/s1. The summed E-state index contributed by atoms with van der Waals surface area (Å²) in [4.78, 5) is 2.49. The van der Waals surface area contributed by atoms with Crippen molar-refractivity contribution in [2.75, 3.05) is 26.8 Å². The average Bonchev–Trinajstić information content (AvgIpc) is 3.11. The van der Waals surface area contributed by atoms with Gasteiger partial charge >= 0.3 is 0 Å². The Hall–Kier alpha value is -2.24. The van der Waals surface area contributed by atoms with Crippen molar-refractivity contribution < 1.29 is 19.3 Å². The van der Waals surface area contributed by atoms with Crippen LogP contribution < -0.4 is 14.2 Å². The number of likely N-dealkylation sites (tertiary alicyclic amines) is 1. The minimum absolute atomic E-state index is 0.191. The Morgan fingerprint density at radius 3 is 2.31 bits per heavy atom. The normalized spacial score (nSPS) is 26.7. The third kappa shape index (κ3) is 4.51. The Labute approximate surface area is 173 Å². The zero-order valence-electron chi connectivity index (χ0n) is 17.3. The minimum atomic E-state index is -0.447. The number of aliphatic hydroxyl groups is 1. The summed E-state index contributed by atoms with van der Waals surface area (Å²) < 4.78 is 17.4. The summed E-state index contributed by atoms with van der Waals surface area (Å²) in [5.41, 5.74) is 1.23. The minimum Gasteiger partial charge on any atom is -0.494 e. The molecule has 1 heterocycles. The first kappa shape index (κ1) is 20.0. The third-order valence-corrected chi connectivity index (χ3v) is 6.17. The fourth-order valence-corrected chi connectivity index (χ4v) is 4.79. The molecule has 2 aromatic carbocycles. The number of rotatable bonds is 7. The van der Waals surface area contributed by atoms with Gasteiger partial charge in [-0.15, -0.1) is 0 Å². The molecular formula is C24H31NO4. The highest BCUT2D eigenvalue weighted by molar-refractivity contribution is 5.39. The lowest BCUT2D eigenvalue weighted by molar-refractivity contribution is -0.0240. The maximum absolute atomic E-state index is 10.7. The number of para-hydroxylation sites is 3.